The van der Waals surface area contributed by atoms with Gasteiger partial charge in [0.25, 0.3) is 0 Å². The summed E-state index contributed by atoms with van der Waals surface area (Å²) in [5, 5.41) is 10.8. The number of aliphatic hydroxyl groups excluding tert-OH is 1. The maximum absolute atomic E-state index is 13.0. The Bertz CT molecular complexity index is 867. The summed E-state index contributed by atoms with van der Waals surface area (Å²) < 4.78 is 5.71. The van der Waals surface area contributed by atoms with E-state index in [2.05, 4.69) is 26.0 Å². The van der Waals surface area contributed by atoms with E-state index >= 15 is 0 Å². The Morgan fingerprint density at radius 1 is 1.10 bits per heavy atom. The van der Waals surface area contributed by atoms with Gasteiger partial charge in [0.1, 0.15) is 6.61 Å². The van der Waals surface area contributed by atoms with Crippen LogP contribution in [0.3, 0.4) is 0 Å². The number of ether oxygens (including phenoxy) is 1. The number of esters is 1. The van der Waals surface area contributed by atoms with E-state index in [4.69, 9.17) is 4.74 Å². The second kappa shape index (κ2) is 9.38. The zero-order chi connectivity index (χ0) is 21.9. The van der Waals surface area contributed by atoms with Crippen LogP contribution in [0.15, 0.2) is 60.7 Å². The van der Waals surface area contributed by atoms with E-state index < -0.39 is 0 Å². The zero-order valence-corrected chi connectivity index (χ0v) is 19.4. The van der Waals surface area contributed by atoms with Crippen molar-refractivity contribution in [3.8, 4) is 0 Å². The van der Waals surface area contributed by atoms with Crippen molar-refractivity contribution in [2.75, 3.05) is 11.5 Å². The summed E-state index contributed by atoms with van der Waals surface area (Å²) in [5.74, 6) is 1.94. The van der Waals surface area contributed by atoms with Gasteiger partial charge in [-0.2, -0.15) is 11.8 Å². The molecule has 0 aliphatic heterocycles. The van der Waals surface area contributed by atoms with Gasteiger partial charge in [-0.15, -0.1) is 0 Å². The van der Waals surface area contributed by atoms with Crippen LogP contribution in [-0.4, -0.2) is 28.7 Å². The molecule has 166 valence electrons. The van der Waals surface area contributed by atoms with Crippen molar-refractivity contribution in [3.63, 3.8) is 0 Å². The Balaban J connectivity index is 1.40. The first-order valence-corrected chi connectivity index (χ1v) is 12.6. The van der Waals surface area contributed by atoms with Gasteiger partial charge >= 0.3 is 5.97 Å². The molecular formula is C27H34O3S. The first-order chi connectivity index (χ1) is 14.9. The van der Waals surface area contributed by atoms with Crippen molar-refractivity contribution in [2.24, 2.45) is 22.7 Å². The lowest BCUT2D eigenvalue weighted by Gasteiger charge is -2.40. The lowest BCUT2D eigenvalue weighted by molar-refractivity contribution is -0.149. The van der Waals surface area contributed by atoms with E-state index in [1.54, 1.807) is 0 Å². The predicted octanol–water partition coefficient (Wildman–Crippen LogP) is 5.51. The molecule has 4 rings (SSSR count). The molecule has 2 aliphatic carbocycles. The number of aliphatic hydroxyl groups is 1. The average molecular weight is 439 g/mol. The molecule has 1 N–H and O–H groups in total. The molecule has 2 saturated carbocycles. The predicted molar refractivity (Wildman–Crippen MR) is 127 cm³/mol. The highest BCUT2D eigenvalue weighted by Crippen LogP contribution is 2.66. The van der Waals surface area contributed by atoms with E-state index in [0.29, 0.717) is 18.9 Å². The summed E-state index contributed by atoms with van der Waals surface area (Å²) >= 11 is 1.82. The maximum Gasteiger partial charge on any atom is 0.310 e. The van der Waals surface area contributed by atoms with Crippen LogP contribution in [0.4, 0.5) is 0 Å². The molecule has 0 aromatic heterocycles. The van der Waals surface area contributed by atoms with Gasteiger partial charge in [-0.1, -0.05) is 74.5 Å². The van der Waals surface area contributed by atoms with Crippen LogP contribution in [0.2, 0.25) is 0 Å². The quantitative estimate of drug-likeness (QED) is 0.525. The van der Waals surface area contributed by atoms with E-state index in [9.17, 15) is 9.90 Å². The van der Waals surface area contributed by atoms with Crippen LogP contribution < -0.4 is 0 Å². The van der Waals surface area contributed by atoms with Gasteiger partial charge in [0, 0.05) is 16.9 Å². The van der Waals surface area contributed by atoms with Crippen LogP contribution in [0.1, 0.15) is 44.2 Å². The summed E-state index contributed by atoms with van der Waals surface area (Å²) in [7, 11) is 0. The minimum atomic E-state index is -0.216. The number of carbonyl (C=O) groups is 1. The van der Waals surface area contributed by atoms with Crippen LogP contribution in [-0.2, 0) is 22.6 Å². The monoisotopic (exact) mass is 438 g/mol. The molecule has 4 heteroatoms. The third kappa shape index (κ3) is 4.56. The van der Waals surface area contributed by atoms with Crippen LogP contribution in [0, 0.1) is 22.7 Å². The number of fused-ring (bicyclic) bond motifs is 2. The highest BCUT2D eigenvalue weighted by atomic mass is 32.2. The number of hydrogen-bond donors (Lipinski definition) is 1. The molecule has 0 saturated heterocycles. The van der Waals surface area contributed by atoms with Gasteiger partial charge in [-0.3, -0.25) is 4.79 Å². The first-order valence-electron chi connectivity index (χ1n) is 11.4. The van der Waals surface area contributed by atoms with Gasteiger partial charge in [-0.25, -0.2) is 0 Å². The molecule has 4 atom stereocenters. The smallest absolute Gasteiger partial charge is 0.310 e. The molecule has 31 heavy (non-hydrogen) atoms. The van der Waals surface area contributed by atoms with Crippen LogP contribution in [0.5, 0.6) is 0 Å². The molecule has 2 aliphatic rings. The molecule has 2 fully saturated rings. The summed E-state index contributed by atoms with van der Waals surface area (Å²) in [6.07, 6.45) is 3.72. The first kappa shape index (κ1) is 22.4. The van der Waals surface area contributed by atoms with Crippen molar-refractivity contribution in [3.05, 3.63) is 71.8 Å². The topological polar surface area (TPSA) is 46.5 Å². The van der Waals surface area contributed by atoms with E-state index in [1.165, 1.54) is 6.42 Å². The Kier molecular flexibility index (Phi) is 6.78. The fourth-order valence-corrected chi connectivity index (χ4v) is 7.45. The average Bonchev–Trinajstić information content (AvgIpc) is 3.13. The Labute approximate surface area is 190 Å². The van der Waals surface area contributed by atoms with Crippen molar-refractivity contribution in [2.45, 2.75) is 52.2 Å². The van der Waals surface area contributed by atoms with Crippen molar-refractivity contribution in [1.82, 2.24) is 0 Å². The molecule has 3 nitrogen and oxygen atoms in total. The third-order valence-corrected chi connectivity index (χ3v) is 9.31. The van der Waals surface area contributed by atoms with Gasteiger partial charge < -0.3 is 9.84 Å². The van der Waals surface area contributed by atoms with Crippen molar-refractivity contribution in [1.29, 1.82) is 0 Å². The number of carbonyl (C=O) groups excluding carboxylic acids is 1. The Morgan fingerprint density at radius 3 is 2.32 bits per heavy atom. The highest BCUT2D eigenvalue weighted by molar-refractivity contribution is 7.99. The summed E-state index contributed by atoms with van der Waals surface area (Å²) in [6.45, 7) is 4.97. The molecule has 0 heterocycles. The number of rotatable bonds is 9. The molecule has 2 aromatic carbocycles. The Morgan fingerprint density at radius 2 is 1.74 bits per heavy atom. The largest absolute Gasteiger partial charge is 0.461 e. The minimum Gasteiger partial charge on any atom is -0.461 e. The Hall–Kier alpha value is -1.78. The van der Waals surface area contributed by atoms with Gasteiger partial charge in [0.2, 0.25) is 0 Å². The fourth-order valence-electron chi connectivity index (χ4n) is 5.72. The van der Waals surface area contributed by atoms with Gasteiger partial charge in [0.05, 0.1) is 12.0 Å². The van der Waals surface area contributed by atoms with E-state index in [-0.39, 0.29) is 28.8 Å². The molecule has 0 unspecified atom stereocenters. The molecule has 0 radical (unpaired) electrons. The number of thioether (sulfide) groups is 1. The minimum absolute atomic E-state index is 0.0203. The SMILES string of the molecule is CC1(C)[C@@H]2CC[C@@]1(CSC[C@H](Cc1ccccc1)C(=O)OCc1ccccc1)[C@H](O)C2. The lowest BCUT2D eigenvalue weighted by atomic mass is 9.70. The lowest BCUT2D eigenvalue weighted by Crippen LogP contribution is -2.41. The number of hydrogen-bond acceptors (Lipinski definition) is 4. The van der Waals surface area contributed by atoms with Crippen LogP contribution in [0.25, 0.3) is 0 Å². The summed E-state index contributed by atoms with van der Waals surface area (Å²) in [4.78, 5) is 13.0. The summed E-state index contributed by atoms with van der Waals surface area (Å²) in [5.41, 5.74) is 2.31. The zero-order valence-electron chi connectivity index (χ0n) is 18.6. The molecule has 2 bridgehead atoms. The van der Waals surface area contributed by atoms with Crippen molar-refractivity contribution < 1.29 is 14.6 Å². The van der Waals surface area contributed by atoms with Gasteiger partial charge in [0.15, 0.2) is 0 Å². The van der Waals surface area contributed by atoms with Crippen molar-refractivity contribution >= 4 is 17.7 Å². The van der Waals surface area contributed by atoms with Gasteiger partial charge in [-0.05, 0) is 48.1 Å². The fraction of sp³-hybridized carbons (Fsp3) is 0.519. The molecule has 2 aromatic rings. The standard InChI is InChI=1S/C27H34O3S/c1-26(2)23-13-14-27(26,24(28)16-23)19-31-18-22(15-20-9-5-3-6-10-20)25(29)30-17-21-11-7-4-8-12-21/h3-12,22-24,28H,13-19H2,1-2H3/t22-,23+,24+,27+/m0/s1. The maximum atomic E-state index is 13.0. The second-order valence-corrected chi connectivity index (χ2v) is 10.9. The highest BCUT2D eigenvalue weighted by Gasteiger charge is 2.63. The van der Waals surface area contributed by atoms with Crippen LogP contribution >= 0.6 is 11.8 Å². The van der Waals surface area contributed by atoms with E-state index in [0.717, 1.165) is 35.5 Å². The third-order valence-electron chi connectivity index (χ3n) is 7.95. The second-order valence-electron chi connectivity index (χ2n) is 9.86. The molecule has 0 amide bonds. The molecular weight excluding hydrogens is 404 g/mol. The number of benzene rings is 2. The summed E-state index contributed by atoms with van der Waals surface area (Å²) in [6, 6.07) is 20.0. The normalized spacial score (nSPS) is 27.2. The van der Waals surface area contributed by atoms with E-state index in [1.807, 2.05) is 60.3 Å². The molecule has 0 spiro atoms.